The molecule has 0 aliphatic carbocycles. The van der Waals surface area contributed by atoms with Crippen LogP contribution < -0.4 is 10.6 Å². The summed E-state index contributed by atoms with van der Waals surface area (Å²) in [5.41, 5.74) is 4.82. The number of aromatic nitrogens is 2. The van der Waals surface area contributed by atoms with Crippen LogP contribution in [0.2, 0.25) is 0 Å². The van der Waals surface area contributed by atoms with Crippen LogP contribution in [0.3, 0.4) is 0 Å². The molecule has 1 aromatic heterocycles. The number of carboxylic acid groups (broad SMARTS) is 1. The monoisotopic (exact) mass is 250 g/mol. The minimum atomic E-state index is -1.06. The fourth-order valence-electron chi connectivity index (χ4n) is 1.93. The molecule has 2 rings (SSSR count). The number of carbonyl (C=O) groups is 2. The standard InChI is InChI=1S/C11H14N4O3/c1-11(9(12)18)2-3-15(6-11)10-13-4-7(5-14-10)8(16)17/h4-5H,2-3,6H2,1H3,(H2,12,18)(H,16,17). The lowest BCUT2D eigenvalue weighted by Crippen LogP contribution is -2.37. The van der Waals surface area contributed by atoms with E-state index in [4.69, 9.17) is 10.8 Å². The second-order valence-corrected chi connectivity index (χ2v) is 4.67. The van der Waals surface area contributed by atoms with Crippen LogP contribution in [0.25, 0.3) is 0 Å². The number of primary amides is 1. The summed E-state index contributed by atoms with van der Waals surface area (Å²) in [7, 11) is 0. The number of rotatable bonds is 3. The highest BCUT2D eigenvalue weighted by Gasteiger charge is 2.39. The SMILES string of the molecule is CC1(C(N)=O)CCN(c2ncc(C(=O)O)cn2)C1. The van der Waals surface area contributed by atoms with E-state index in [1.54, 1.807) is 6.92 Å². The number of hydrogen-bond acceptors (Lipinski definition) is 5. The predicted octanol–water partition coefficient (Wildman–Crippen LogP) is -0.124. The van der Waals surface area contributed by atoms with E-state index in [1.807, 2.05) is 4.90 Å². The van der Waals surface area contributed by atoms with Crippen molar-refractivity contribution in [1.29, 1.82) is 0 Å². The van der Waals surface area contributed by atoms with Crippen molar-refractivity contribution in [3.63, 3.8) is 0 Å². The molecule has 18 heavy (non-hydrogen) atoms. The van der Waals surface area contributed by atoms with Crippen molar-refractivity contribution >= 4 is 17.8 Å². The Bertz CT molecular complexity index is 488. The third kappa shape index (κ3) is 2.11. The zero-order chi connectivity index (χ0) is 13.3. The summed E-state index contributed by atoms with van der Waals surface area (Å²) in [6.45, 7) is 2.89. The number of aromatic carboxylic acids is 1. The fraction of sp³-hybridized carbons (Fsp3) is 0.455. The van der Waals surface area contributed by atoms with Gasteiger partial charge in [0.2, 0.25) is 11.9 Å². The van der Waals surface area contributed by atoms with E-state index < -0.39 is 11.4 Å². The van der Waals surface area contributed by atoms with E-state index in [0.29, 0.717) is 25.5 Å². The number of nitrogens with zero attached hydrogens (tertiary/aromatic N) is 3. The molecule has 0 saturated carbocycles. The Morgan fingerprint density at radius 2 is 2.06 bits per heavy atom. The minimum absolute atomic E-state index is 0.0376. The first kappa shape index (κ1) is 12.3. The molecule has 1 atom stereocenters. The molecule has 1 unspecified atom stereocenters. The van der Waals surface area contributed by atoms with Crippen LogP contribution in [0.1, 0.15) is 23.7 Å². The number of anilines is 1. The maximum absolute atomic E-state index is 11.3. The highest BCUT2D eigenvalue weighted by molar-refractivity contribution is 5.86. The first-order valence-electron chi connectivity index (χ1n) is 5.52. The molecular weight excluding hydrogens is 236 g/mol. The molecule has 3 N–H and O–H groups in total. The Kier molecular flexibility index (Phi) is 2.90. The molecule has 0 bridgehead atoms. The molecule has 1 saturated heterocycles. The maximum Gasteiger partial charge on any atom is 0.338 e. The van der Waals surface area contributed by atoms with Crippen molar-refractivity contribution in [3.8, 4) is 0 Å². The van der Waals surface area contributed by atoms with Gasteiger partial charge in [-0.3, -0.25) is 4.79 Å². The Morgan fingerprint density at radius 3 is 2.50 bits per heavy atom. The van der Waals surface area contributed by atoms with Gasteiger partial charge in [-0.05, 0) is 13.3 Å². The summed E-state index contributed by atoms with van der Waals surface area (Å²) in [6, 6.07) is 0. The van der Waals surface area contributed by atoms with Crippen LogP contribution in [0.5, 0.6) is 0 Å². The second-order valence-electron chi connectivity index (χ2n) is 4.67. The first-order valence-corrected chi connectivity index (χ1v) is 5.52. The van der Waals surface area contributed by atoms with E-state index >= 15 is 0 Å². The van der Waals surface area contributed by atoms with Crippen molar-refractivity contribution in [2.24, 2.45) is 11.1 Å². The smallest absolute Gasteiger partial charge is 0.338 e. The van der Waals surface area contributed by atoms with Crippen molar-refractivity contribution in [3.05, 3.63) is 18.0 Å². The minimum Gasteiger partial charge on any atom is -0.478 e. The first-order chi connectivity index (χ1) is 8.42. The molecule has 2 heterocycles. The molecule has 0 radical (unpaired) electrons. The predicted molar refractivity (Wildman–Crippen MR) is 63.1 cm³/mol. The number of carbonyl (C=O) groups excluding carboxylic acids is 1. The number of nitrogens with two attached hydrogens (primary N) is 1. The molecule has 1 amide bonds. The van der Waals surface area contributed by atoms with Gasteiger partial charge < -0.3 is 15.7 Å². The Labute approximate surface area is 104 Å². The average Bonchev–Trinajstić information content (AvgIpc) is 2.73. The molecule has 1 aromatic rings. The summed E-state index contributed by atoms with van der Waals surface area (Å²) >= 11 is 0. The molecule has 1 aliphatic rings. The molecule has 0 aromatic carbocycles. The quantitative estimate of drug-likeness (QED) is 0.773. The van der Waals surface area contributed by atoms with E-state index in [0.717, 1.165) is 0 Å². The van der Waals surface area contributed by atoms with E-state index in [2.05, 4.69) is 9.97 Å². The number of amides is 1. The molecule has 1 aliphatic heterocycles. The van der Waals surface area contributed by atoms with Gasteiger partial charge in [-0.1, -0.05) is 0 Å². The van der Waals surface area contributed by atoms with Crippen molar-refractivity contribution in [2.45, 2.75) is 13.3 Å². The molecule has 0 spiro atoms. The zero-order valence-electron chi connectivity index (χ0n) is 9.96. The van der Waals surface area contributed by atoms with E-state index in [9.17, 15) is 9.59 Å². The highest BCUT2D eigenvalue weighted by Crippen LogP contribution is 2.31. The number of hydrogen-bond donors (Lipinski definition) is 2. The van der Waals surface area contributed by atoms with Crippen LogP contribution in [0.15, 0.2) is 12.4 Å². The molecule has 7 heteroatoms. The third-order valence-electron chi connectivity index (χ3n) is 3.24. The Morgan fingerprint density at radius 1 is 1.44 bits per heavy atom. The van der Waals surface area contributed by atoms with Gasteiger partial charge in [0.1, 0.15) is 0 Å². The molecular formula is C11H14N4O3. The summed E-state index contributed by atoms with van der Waals surface area (Å²) in [5, 5.41) is 8.74. The van der Waals surface area contributed by atoms with Crippen molar-refractivity contribution in [1.82, 2.24) is 9.97 Å². The van der Waals surface area contributed by atoms with Crippen molar-refractivity contribution in [2.75, 3.05) is 18.0 Å². The zero-order valence-corrected chi connectivity index (χ0v) is 9.96. The Balaban J connectivity index is 2.15. The van der Waals surface area contributed by atoms with Gasteiger partial charge in [-0.2, -0.15) is 0 Å². The van der Waals surface area contributed by atoms with Gasteiger partial charge in [0, 0.05) is 25.5 Å². The molecule has 96 valence electrons. The van der Waals surface area contributed by atoms with E-state index in [1.165, 1.54) is 12.4 Å². The lowest BCUT2D eigenvalue weighted by atomic mass is 9.89. The lowest BCUT2D eigenvalue weighted by Gasteiger charge is -2.20. The third-order valence-corrected chi connectivity index (χ3v) is 3.24. The van der Waals surface area contributed by atoms with Gasteiger partial charge in [0.15, 0.2) is 0 Å². The summed E-state index contributed by atoms with van der Waals surface area (Å²) in [4.78, 5) is 31.8. The lowest BCUT2D eigenvalue weighted by molar-refractivity contribution is -0.125. The van der Waals surface area contributed by atoms with Crippen molar-refractivity contribution < 1.29 is 14.7 Å². The summed E-state index contributed by atoms with van der Waals surface area (Å²) < 4.78 is 0. The molecule has 7 nitrogen and oxygen atoms in total. The number of carboxylic acids is 1. The van der Waals surface area contributed by atoms with Crippen LogP contribution in [0, 0.1) is 5.41 Å². The molecule has 1 fully saturated rings. The maximum atomic E-state index is 11.3. The van der Waals surface area contributed by atoms with Crippen LogP contribution in [-0.2, 0) is 4.79 Å². The van der Waals surface area contributed by atoms with Gasteiger partial charge in [0.25, 0.3) is 0 Å². The Hall–Kier alpha value is -2.18. The second kappa shape index (κ2) is 4.25. The topological polar surface area (TPSA) is 109 Å². The summed E-state index contributed by atoms with van der Waals surface area (Å²) in [6.07, 6.45) is 3.15. The average molecular weight is 250 g/mol. The van der Waals surface area contributed by atoms with Crippen LogP contribution >= 0.6 is 0 Å². The normalized spacial score (nSPS) is 23.1. The van der Waals surface area contributed by atoms with Gasteiger partial charge in [-0.15, -0.1) is 0 Å². The van der Waals surface area contributed by atoms with Gasteiger partial charge in [-0.25, -0.2) is 14.8 Å². The highest BCUT2D eigenvalue weighted by atomic mass is 16.4. The van der Waals surface area contributed by atoms with Gasteiger partial charge >= 0.3 is 5.97 Å². The van der Waals surface area contributed by atoms with Gasteiger partial charge in [0.05, 0.1) is 11.0 Å². The summed E-state index contributed by atoms with van der Waals surface area (Å²) in [5.74, 6) is -0.984. The largest absolute Gasteiger partial charge is 0.478 e. The van der Waals surface area contributed by atoms with Crippen LogP contribution in [0.4, 0.5) is 5.95 Å². The van der Waals surface area contributed by atoms with E-state index in [-0.39, 0.29) is 11.5 Å². The fourth-order valence-corrected chi connectivity index (χ4v) is 1.93. The van der Waals surface area contributed by atoms with Crippen LogP contribution in [-0.4, -0.2) is 40.0 Å².